The van der Waals surface area contributed by atoms with Crippen LogP contribution >= 0.6 is 11.6 Å². The molecule has 1 heterocycles. The van der Waals surface area contributed by atoms with E-state index >= 15 is 0 Å². The first-order valence-electron chi connectivity index (χ1n) is 12.7. The van der Waals surface area contributed by atoms with Gasteiger partial charge in [-0.25, -0.2) is 0 Å². The Morgan fingerprint density at radius 1 is 0.853 bits per heavy atom. The SMILES string of the molecule is CCCCCCN(CCCCCC)C(=O)c1cc2ccc(Cl)cc2n(Cc2ccccc2)c1=O. The van der Waals surface area contributed by atoms with Gasteiger partial charge in [-0.05, 0) is 42.0 Å². The Hall–Kier alpha value is -2.59. The Bertz CT molecular complexity index is 1110. The van der Waals surface area contributed by atoms with Crippen LogP contribution in [0.3, 0.4) is 0 Å². The summed E-state index contributed by atoms with van der Waals surface area (Å²) in [7, 11) is 0. The van der Waals surface area contributed by atoms with Crippen LogP contribution in [0.25, 0.3) is 10.9 Å². The highest BCUT2D eigenvalue weighted by molar-refractivity contribution is 6.31. The molecule has 0 aliphatic carbocycles. The summed E-state index contributed by atoms with van der Waals surface area (Å²) in [6.07, 6.45) is 8.78. The molecule has 1 aromatic heterocycles. The maximum absolute atomic E-state index is 13.7. The summed E-state index contributed by atoms with van der Waals surface area (Å²) in [6.45, 7) is 6.16. The number of hydrogen-bond donors (Lipinski definition) is 0. The third-order valence-electron chi connectivity index (χ3n) is 6.32. The van der Waals surface area contributed by atoms with Crippen LogP contribution in [0.4, 0.5) is 0 Å². The zero-order valence-corrected chi connectivity index (χ0v) is 21.3. The molecule has 0 saturated carbocycles. The first-order chi connectivity index (χ1) is 16.5. The lowest BCUT2D eigenvalue weighted by Gasteiger charge is -2.23. The number of carbonyl (C=O) groups excluding carboxylic acids is 1. The number of pyridine rings is 1. The quantitative estimate of drug-likeness (QED) is 0.241. The van der Waals surface area contributed by atoms with Crippen molar-refractivity contribution in [1.82, 2.24) is 9.47 Å². The van der Waals surface area contributed by atoms with Gasteiger partial charge in [-0.2, -0.15) is 0 Å². The predicted octanol–water partition coefficient (Wildman–Crippen LogP) is 7.31. The van der Waals surface area contributed by atoms with Crippen molar-refractivity contribution in [3.63, 3.8) is 0 Å². The first-order valence-corrected chi connectivity index (χ1v) is 13.1. The van der Waals surface area contributed by atoms with E-state index < -0.39 is 0 Å². The normalized spacial score (nSPS) is 11.1. The topological polar surface area (TPSA) is 42.3 Å². The van der Waals surface area contributed by atoms with Gasteiger partial charge in [0.25, 0.3) is 11.5 Å². The molecule has 0 fully saturated rings. The number of nitrogens with zero attached hydrogens (tertiary/aromatic N) is 2. The standard InChI is InChI=1S/C29H37ClN2O2/c1-3-5-7-12-18-31(19-13-8-6-4-2)28(33)26-20-24-16-17-25(30)21-27(24)32(29(26)34)22-23-14-10-9-11-15-23/h9-11,14-17,20-21H,3-8,12-13,18-19,22H2,1-2H3. The Balaban J connectivity index is 1.97. The minimum atomic E-state index is -0.254. The number of benzene rings is 2. The summed E-state index contributed by atoms with van der Waals surface area (Å²) in [5.74, 6) is -0.156. The van der Waals surface area contributed by atoms with E-state index in [1.165, 1.54) is 12.8 Å². The molecule has 5 heteroatoms. The monoisotopic (exact) mass is 480 g/mol. The maximum atomic E-state index is 13.7. The van der Waals surface area contributed by atoms with E-state index in [1.54, 1.807) is 10.6 Å². The van der Waals surface area contributed by atoms with Gasteiger partial charge in [-0.1, -0.05) is 100 Å². The van der Waals surface area contributed by atoms with Gasteiger partial charge in [0.15, 0.2) is 0 Å². The number of amides is 1. The van der Waals surface area contributed by atoms with Gasteiger partial charge in [-0.3, -0.25) is 9.59 Å². The predicted molar refractivity (Wildman–Crippen MR) is 143 cm³/mol. The summed E-state index contributed by atoms with van der Waals surface area (Å²) in [5, 5.41) is 1.42. The number of carbonyl (C=O) groups is 1. The fourth-order valence-electron chi connectivity index (χ4n) is 4.36. The zero-order chi connectivity index (χ0) is 24.3. The molecule has 0 radical (unpaired) electrons. The molecule has 3 aromatic rings. The van der Waals surface area contributed by atoms with Gasteiger partial charge in [-0.15, -0.1) is 0 Å². The van der Waals surface area contributed by atoms with Crippen LogP contribution in [-0.4, -0.2) is 28.5 Å². The Morgan fingerprint density at radius 2 is 1.50 bits per heavy atom. The molecule has 0 unspecified atom stereocenters. The van der Waals surface area contributed by atoms with Gasteiger partial charge in [0.2, 0.25) is 0 Å². The van der Waals surface area contributed by atoms with Crippen molar-refractivity contribution < 1.29 is 4.79 Å². The molecular weight excluding hydrogens is 444 g/mol. The molecule has 0 atom stereocenters. The second kappa shape index (κ2) is 13.3. The van der Waals surface area contributed by atoms with Crippen molar-refractivity contribution in [2.75, 3.05) is 13.1 Å². The van der Waals surface area contributed by atoms with Gasteiger partial charge in [0, 0.05) is 18.1 Å². The second-order valence-corrected chi connectivity index (χ2v) is 9.49. The lowest BCUT2D eigenvalue weighted by molar-refractivity contribution is 0.0747. The number of unbranched alkanes of at least 4 members (excludes halogenated alkanes) is 6. The highest BCUT2D eigenvalue weighted by Crippen LogP contribution is 2.21. The van der Waals surface area contributed by atoms with E-state index in [-0.39, 0.29) is 17.0 Å². The van der Waals surface area contributed by atoms with Crippen molar-refractivity contribution in [2.45, 2.75) is 71.8 Å². The fraction of sp³-hybridized carbons (Fsp3) is 0.448. The number of fused-ring (bicyclic) bond motifs is 1. The molecule has 34 heavy (non-hydrogen) atoms. The largest absolute Gasteiger partial charge is 0.338 e. The van der Waals surface area contributed by atoms with E-state index in [0.29, 0.717) is 24.7 Å². The molecule has 0 N–H and O–H groups in total. The third kappa shape index (κ3) is 6.96. The minimum absolute atomic E-state index is 0.156. The van der Waals surface area contributed by atoms with Crippen molar-refractivity contribution >= 4 is 28.4 Å². The van der Waals surface area contributed by atoms with Crippen LogP contribution in [0.5, 0.6) is 0 Å². The van der Waals surface area contributed by atoms with Crippen LogP contribution in [0.2, 0.25) is 5.02 Å². The van der Waals surface area contributed by atoms with Gasteiger partial charge >= 0.3 is 0 Å². The number of halogens is 1. The van der Waals surface area contributed by atoms with Crippen LogP contribution in [0, 0.1) is 0 Å². The van der Waals surface area contributed by atoms with E-state index in [1.807, 2.05) is 53.4 Å². The number of rotatable bonds is 13. The molecule has 3 rings (SSSR count). The van der Waals surface area contributed by atoms with Crippen molar-refractivity contribution in [2.24, 2.45) is 0 Å². The smallest absolute Gasteiger partial charge is 0.264 e. The second-order valence-electron chi connectivity index (χ2n) is 9.05. The molecule has 0 saturated heterocycles. The average Bonchev–Trinajstić information content (AvgIpc) is 2.85. The molecule has 1 amide bonds. The Kier molecular flexibility index (Phi) is 10.2. The third-order valence-corrected chi connectivity index (χ3v) is 6.56. The number of aromatic nitrogens is 1. The summed E-state index contributed by atoms with van der Waals surface area (Å²) >= 11 is 6.27. The van der Waals surface area contributed by atoms with Crippen molar-refractivity contribution in [3.8, 4) is 0 Å². The molecule has 0 spiro atoms. The summed E-state index contributed by atoms with van der Waals surface area (Å²) in [5.41, 5.74) is 1.74. The number of hydrogen-bond acceptors (Lipinski definition) is 2. The van der Waals surface area contributed by atoms with Gasteiger partial charge in [0.1, 0.15) is 5.56 Å². The van der Waals surface area contributed by atoms with Gasteiger partial charge < -0.3 is 9.47 Å². The highest BCUT2D eigenvalue weighted by atomic mass is 35.5. The average molecular weight is 481 g/mol. The fourth-order valence-corrected chi connectivity index (χ4v) is 4.53. The maximum Gasteiger partial charge on any atom is 0.264 e. The molecule has 0 aliphatic heterocycles. The summed E-state index contributed by atoms with van der Waals surface area (Å²) in [4.78, 5) is 29.3. The molecular formula is C29H37ClN2O2. The van der Waals surface area contributed by atoms with Gasteiger partial charge in [0.05, 0.1) is 12.1 Å². The summed E-state index contributed by atoms with van der Waals surface area (Å²) in [6, 6.07) is 17.1. The molecule has 182 valence electrons. The van der Waals surface area contributed by atoms with E-state index in [4.69, 9.17) is 11.6 Å². The van der Waals surface area contributed by atoms with E-state index in [0.717, 1.165) is 55.0 Å². The lowest BCUT2D eigenvalue weighted by Crippen LogP contribution is -2.38. The zero-order valence-electron chi connectivity index (χ0n) is 20.6. The Morgan fingerprint density at radius 3 is 2.12 bits per heavy atom. The molecule has 2 aromatic carbocycles. The Labute approximate surface area is 208 Å². The van der Waals surface area contributed by atoms with Crippen LogP contribution in [0.15, 0.2) is 59.4 Å². The van der Waals surface area contributed by atoms with Crippen molar-refractivity contribution in [1.29, 1.82) is 0 Å². The first kappa shape index (κ1) is 26.0. The van der Waals surface area contributed by atoms with Crippen LogP contribution in [-0.2, 0) is 6.54 Å². The molecule has 0 aliphatic rings. The van der Waals surface area contributed by atoms with Crippen molar-refractivity contribution in [3.05, 3.63) is 81.1 Å². The highest BCUT2D eigenvalue weighted by Gasteiger charge is 2.21. The van der Waals surface area contributed by atoms with Crippen LogP contribution < -0.4 is 5.56 Å². The molecule has 4 nitrogen and oxygen atoms in total. The minimum Gasteiger partial charge on any atom is -0.338 e. The van der Waals surface area contributed by atoms with E-state index in [9.17, 15) is 9.59 Å². The van der Waals surface area contributed by atoms with Crippen LogP contribution in [0.1, 0.15) is 81.1 Å². The lowest BCUT2D eigenvalue weighted by atomic mass is 10.1. The summed E-state index contributed by atoms with van der Waals surface area (Å²) < 4.78 is 1.69. The molecule has 0 bridgehead atoms. The van der Waals surface area contributed by atoms with E-state index in [2.05, 4.69) is 13.8 Å².